The van der Waals surface area contributed by atoms with Crippen LogP contribution in [-0.2, 0) is 9.53 Å². The van der Waals surface area contributed by atoms with E-state index in [-0.39, 0.29) is 18.6 Å². The van der Waals surface area contributed by atoms with E-state index in [1.807, 2.05) is 0 Å². The Morgan fingerprint density at radius 1 is 1.40 bits per heavy atom. The molecule has 1 heterocycles. The summed E-state index contributed by atoms with van der Waals surface area (Å²) < 4.78 is 4.43. The van der Waals surface area contributed by atoms with Crippen molar-refractivity contribution >= 4 is 23.4 Å². The van der Waals surface area contributed by atoms with Crippen molar-refractivity contribution in [3.63, 3.8) is 0 Å². The van der Waals surface area contributed by atoms with Crippen molar-refractivity contribution in [1.82, 2.24) is 4.98 Å². The van der Waals surface area contributed by atoms with Gasteiger partial charge in [-0.05, 0) is 6.07 Å². The SMILES string of the molecule is COC(=O)CCC(=O)c1cncc(Cl)c1. The van der Waals surface area contributed by atoms with E-state index < -0.39 is 5.97 Å². The molecule has 0 bridgehead atoms. The Labute approximate surface area is 92.2 Å². The fourth-order valence-corrected chi connectivity index (χ4v) is 1.20. The number of carbonyl (C=O) groups is 2. The minimum Gasteiger partial charge on any atom is -0.469 e. The number of hydrogen-bond acceptors (Lipinski definition) is 4. The Kier molecular flexibility index (Phi) is 4.24. The van der Waals surface area contributed by atoms with Crippen LogP contribution < -0.4 is 0 Å². The van der Waals surface area contributed by atoms with Crippen molar-refractivity contribution in [2.75, 3.05) is 7.11 Å². The van der Waals surface area contributed by atoms with Gasteiger partial charge in [-0.1, -0.05) is 11.6 Å². The van der Waals surface area contributed by atoms with Crippen LogP contribution in [0.3, 0.4) is 0 Å². The molecule has 0 aliphatic heterocycles. The van der Waals surface area contributed by atoms with E-state index in [0.29, 0.717) is 10.6 Å². The molecule has 0 atom stereocenters. The Hall–Kier alpha value is -1.42. The van der Waals surface area contributed by atoms with E-state index in [2.05, 4.69) is 9.72 Å². The molecular weight excluding hydrogens is 218 g/mol. The number of carbonyl (C=O) groups excluding carboxylic acids is 2. The quantitative estimate of drug-likeness (QED) is 0.582. The summed E-state index contributed by atoms with van der Waals surface area (Å²) in [6.45, 7) is 0. The lowest BCUT2D eigenvalue weighted by Crippen LogP contribution is -2.06. The number of ether oxygens (including phenoxy) is 1. The van der Waals surface area contributed by atoms with Gasteiger partial charge in [-0.3, -0.25) is 14.6 Å². The molecule has 0 amide bonds. The lowest BCUT2D eigenvalue weighted by molar-refractivity contribution is -0.140. The van der Waals surface area contributed by atoms with E-state index in [0.717, 1.165) is 0 Å². The number of nitrogens with zero attached hydrogens (tertiary/aromatic N) is 1. The molecule has 1 aromatic heterocycles. The van der Waals surface area contributed by atoms with E-state index in [1.165, 1.54) is 25.6 Å². The summed E-state index contributed by atoms with van der Waals surface area (Å²) in [4.78, 5) is 26.1. The number of Topliss-reactive ketones (excluding diaryl/α,β-unsaturated/α-hetero) is 1. The van der Waals surface area contributed by atoms with Gasteiger partial charge in [0.05, 0.1) is 18.6 Å². The molecule has 0 N–H and O–H groups in total. The maximum absolute atomic E-state index is 11.5. The molecule has 0 saturated carbocycles. The second-order valence-electron chi connectivity index (χ2n) is 2.89. The summed E-state index contributed by atoms with van der Waals surface area (Å²) in [5.74, 6) is -0.575. The van der Waals surface area contributed by atoms with Gasteiger partial charge in [0, 0.05) is 24.4 Å². The molecule has 0 aromatic carbocycles. The normalized spacial score (nSPS) is 9.73. The zero-order chi connectivity index (χ0) is 11.3. The van der Waals surface area contributed by atoms with Gasteiger partial charge in [-0.2, -0.15) is 0 Å². The van der Waals surface area contributed by atoms with Crippen LogP contribution >= 0.6 is 11.6 Å². The van der Waals surface area contributed by atoms with Gasteiger partial charge < -0.3 is 4.74 Å². The van der Waals surface area contributed by atoms with Gasteiger partial charge >= 0.3 is 5.97 Å². The molecule has 80 valence electrons. The molecule has 0 aliphatic carbocycles. The van der Waals surface area contributed by atoms with Gasteiger partial charge in [0.2, 0.25) is 0 Å². The first-order chi connectivity index (χ1) is 7.13. The van der Waals surface area contributed by atoms with Crippen molar-refractivity contribution < 1.29 is 14.3 Å². The van der Waals surface area contributed by atoms with Crippen LogP contribution in [0.4, 0.5) is 0 Å². The summed E-state index contributed by atoms with van der Waals surface area (Å²) in [5, 5.41) is 0.402. The summed E-state index contributed by atoms with van der Waals surface area (Å²) in [7, 11) is 1.29. The highest BCUT2D eigenvalue weighted by Crippen LogP contribution is 2.11. The van der Waals surface area contributed by atoms with E-state index in [9.17, 15) is 9.59 Å². The molecule has 1 rings (SSSR count). The maximum atomic E-state index is 11.5. The molecule has 4 nitrogen and oxygen atoms in total. The average Bonchev–Trinajstić information content (AvgIpc) is 2.25. The Bertz CT molecular complexity index is 379. The minimum absolute atomic E-state index is 0.0713. The molecule has 0 fully saturated rings. The Balaban J connectivity index is 2.58. The summed E-state index contributed by atoms with van der Waals surface area (Å²) >= 11 is 5.67. The van der Waals surface area contributed by atoms with Crippen molar-refractivity contribution in [1.29, 1.82) is 0 Å². The van der Waals surface area contributed by atoms with Crippen molar-refractivity contribution in [2.24, 2.45) is 0 Å². The third-order valence-electron chi connectivity index (χ3n) is 1.81. The standard InChI is InChI=1S/C10H10ClNO3/c1-15-10(14)3-2-9(13)7-4-8(11)6-12-5-7/h4-6H,2-3H2,1H3. The molecule has 0 unspecified atom stereocenters. The largest absolute Gasteiger partial charge is 0.469 e. The van der Waals surface area contributed by atoms with Crippen LogP contribution in [0.25, 0.3) is 0 Å². The molecular formula is C10H10ClNO3. The van der Waals surface area contributed by atoms with Gasteiger partial charge in [-0.15, -0.1) is 0 Å². The van der Waals surface area contributed by atoms with Crippen molar-refractivity contribution in [2.45, 2.75) is 12.8 Å². The summed E-state index contributed by atoms with van der Waals surface area (Å²) in [6.07, 6.45) is 3.04. The topological polar surface area (TPSA) is 56.3 Å². The molecule has 15 heavy (non-hydrogen) atoms. The first kappa shape index (κ1) is 11.7. The van der Waals surface area contributed by atoms with Crippen LogP contribution in [0.5, 0.6) is 0 Å². The smallest absolute Gasteiger partial charge is 0.305 e. The van der Waals surface area contributed by atoms with Crippen molar-refractivity contribution in [3.8, 4) is 0 Å². The van der Waals surface area contributed by atoms with Crippen molar-refractivity contribution in [3.05, 3.63) is 29.0 Å². The number of ketones is 1. The molecule has 0 aliphatic rings. The first-order valence-electron chi connectivity index (χ1n) is 4.34. The number of rotatable bonds is 4. The predicted octanol–water partition coefficient (Wildman–Crippen LogP) is 1.87. The van der Waals surface area contributed by atoms with Gasteiger partial charge in [0.15, 0.2) is 5.78 Å². The molecule has 5 heteroatoms. The monoisotopic (exact) mass is 227 g/mol. The second kappa shape index (κ2) is 5.46. The maximum Gasteiger partial charge on any atom is 0.305 e. The lowest BCUT2D eigenvalue weighted by Gasteiger charge is -2.00. The zero-order valence-corrected chi connectivity index (χ0v) is 8.95. The van der Waals surface area contributed by atoms with Crippen LogP contribution in [0.2, 0.25) is 5.02 Å². The van der Waals surface area contributed by atoms with E-state index >= 15 is 0 Å². The lowest BCUT2D eigenvalue weighted by atomic mass is 10.1. The number of methoxy groups -OCH3 is 1. The number of pyridine rings is 1. The van der Waals surface area contributed by atoms with Gasteiger partial charge in [0.1, 0.15) is 0 Å². The summed E-state index contributed by atoms with van der Waals surface area (Å²) in [5.41, 5.74) is 0.409. The molecule has 0 radical (unpaired) electrons. The van der Waals surface area contributed by atoms with Crippen LogP contribution in [0.1, 0.15) is 23.2 Å². The number of halogens is 1. The van der Waals surface area contributed by atoms with Gasteiger partial charge in [-0.25, -0.2) is 0 Å². The highest BCUT2D eigenvalue weighted by atomic mass is 35.5. The summed E-state index contributed by atoms with van der Waals surface area (Å²) in [6, 6.07) is 1.52. The minimum atomic E-state index is -0.404. The third kappa shape index (κ3) is 3.67. The average molecular weight is 228 g/mol. The first-order valence-corrected chi connectivity index (χ1v) is 4.72. The van der Waals surface area contributed by atoms with Gasteiger partial charge in [0.25, 0.3) is 0 Å². The van der Waals surface area contributed by atoms with Crippen LogP contribution in [0.15, 0.2) is 18.5 Å². The fraction of sp³-hybridized carbons (Fsp3) is 0.300. The highest BCUT2D eigenvalue weighted by Gasteiger charge is 2.09. The van der Waals surface area contributed by atoms with Crippen LogP contribution in [-0.4, -0.2) is 23.8 Å². The number of esters is 1. The third-order valence-corrected chi connectivity index (χ3v) is 2.02. The van der Waals surface area contributed by atoms with Crippen LogP contribution in [0, 0.1) is 0 Å². The Morgan fingerprint density at radius 3 is 2.73 bits per heavy atom. The predicted molar refractivity (Wildman–Crippen MR) is 54.8 cm³/mol. The number of hydrogen-bond donors (Lipinski definition) is 0. The zero-order valence-electron chi connectivity index (χ0n) is 8.20. The second-order valence-corrected chi connectivity index (χ2v) is 3.33. The fourth-order valence-electron chi connectivity index (χ4n) is 1.03. The van der Waals surface area contributed by atoms with E-state index in [1.54, 1.807) is 0 Å². The van der Waals surface area contributed by atoms with E-state index in [4.69, 9.17) is 11.6 Å². The molecule has 1 aromatic rings. The molecule has 0 spiro atoms. The molecule has 0 saturated heterocycles. The number of aromatic nitrogens is 1. The Morgan fingerprint density at radius 2 is 2.13 bits per heavy atom. The highest BCUT2D eigenvalue weighted by molar-refractivity contribution is 6.30.